The second kappa shape index (κ2) is 12.1. The van der Waals surface area contributed by atoms with Crippen LogP contribution in [0.3, 0.4) is 0 Å². The SMILES string of the molecule is O=C(OCc1ccccc1)c1ccc2c(=O)[nH]c(C3C(=O)c4ccc5c6c(ccc(c46)C3=O)C(=O)N(c3cccc(C4CCCC4)c3)C5=O)nc2c1. The van der Waals surface area contributed by atoms with E-state index in [4.69, 9.17) is 4.74 Å². The van der Waals surface area contributed by atoms with Crippen molar-refractivity contribution in [2.24, 2.45) is 0 Å². The van der Waals surface area contributed by atoms with Gasteiger partial charge in [0.15, 0.2) is 11.6 Å². The van der Waals surface area contributed by atoms with Crippen LogP contribution in [0.25, 0.3) is 21.7 Å². The van der Waals surface area contributed by atoms with Crippen molar-refractivity contribution in [1.82, 2.24) is 9.97 Å². The van der Waals surface area contributed by atoms with Crippen molar-refractivity contribution in [1.29, 1.82) is 0 Å². The fourth-order valence-electron chi connectivity index (χ4n) is 7.91. The zero-order valence-electron chi connectivity index (χ0n) is 27.7. The Morgan fingerprint density at radius 1 is 0.731 bits per heavy atom. The molecule has 10 heteroatoms. The van der Waals surface area contributed by atoms with Gasteiger partial charge in [-0.2, -0.15) is 0 Å². The number of amides is 2. The van der Waals surface area contributed by atoms with E-state index in [1.54, 1.807) is 6.07 Å². The van der Waals surface area contributed by atoms with Gasteiger partial charge in [-0.1, -0.05) is 55.3 Å². The van der Waals surface area contributed by atoms with Crippen molar-refractivity contribution in [2.75, 3.05) is 4.90 Å². The second-order valence-corrected chi connectivity index (χ2v) is 13.5. The third-order valence-corrected chi connectivity index (χ3v) is 10.5. The highest BCUT2D eigenvalue weighted by Crippen LogP contribution is 2.42. The summed E-state index contributed by atoms with van der Waals surface area (Å²) in [7, 11) is 0. The number of imide groups is 1. The summed E-state index contributed by atoms with van der Waals surface area (Å²) in [5, 5.41) is 0.647. The summed E-state index contributed by atoms with van der Waals surface area (Å²) in [4.78, 5) is 90.8. The lowest BCUT2D eigenvalue weighted by molar-refractivity contribution is 0.0472. The van der Waals surface area contributed by atoms with E-state index in [2.05, 4.69) is 9.97 Å². The van der Waals surface area contributed by atoms with Gasteiger partial charge in [-0.25, -0.2) is 14.7 Å². The number of fused-ring (bicyclic) bond motifs is 1. The number of rotatable bonds is 6. The number of ether oxygens (including phenoxy) is 1. The van der Waals surface area contributed by atoms with Crippen LogP contribution >= 0.6 is 0 Å². The Balaban J connectivity index is 1.07. The van der Waals surface area contributed by atoms with Crippen molar-refractivity contribution in [2.45, 2.75) is 44.1 Å². The van der Waals surface area contributed by atoms with Gasteiger partial charge in [0.05, 0.1) is 22.2 Å². The summed E-state index contributed by atoms with van der Waals surface area (Å²) in [5.41, 5.74) is 2.74. The van der Waals surface area contributed by atoms with Gasteiger partial charge >= 0.3 is 5.97 Å². The Morgan fingerprint density at radius 2 is 1.38 bits per heavy atom. The maximum absolute atomic E-state index is 14.2. The molecule has 0 spiro atoms. The van der Waals surface area contributed by atoms with Crippen molar-refractivity contribution >= 4 is 56.7 Å². The summed E-state index contributed by atoms with van der Waals surface area (Å²) >= 11 is 0. The molecular weight excluding hydrogens is 658 g/mol. The molecule has 0 bridgehead atoms. The molecule has 0 radical (unpaired) electrons. The number of anilines is 1. The monoisotopic (exact) mass is 687 g/mol. The van der Waals surface area contributed by atoms with Crippen LogP contribution in [0.4, 0.5) is 5.69 Å². The highest BCUT2D eigenvalue weighted by atomic mass is 16.5. The third-order valence-electron chi connectivity index (χ3n) is 10.5. The molecule has 2 amide bonds. The van der Waals surface area contributed by atoms with E-state index in [1.807, 2.05) is 48.5 Å². The van der Waals surface area contributed by atoms with Crippen LogP contribution in [0.1, 0.15) is 106 Å². The second-order valence-electron chi connectivity index (χ2n) is 13.5. The average Bonchev–Trinajstić information content (AvgIpc) is 3.71. The lowest BCUT2D eigenvalue weighted by Gasteiger charge is -2.30. The topological polar surface area (TPSA) is 144 Å². The number of benzene rings is 5. The van der Waals surface area contributed by atoms with Gasteiger partial charge in [0.25, 0.3) is 17.4 Å². The van der Waals surface area contributed by atoms with E-state index in [1.165, 1.54) is 47.4 Å². The first kappa shape index (κ1) is 31.4. The van der Waals surface area contributed by atoms with Gasteiger partial charge in [-0.15, -0.1) is 0 Å². The zero-order valence-corrected chi connectivity index (χ0v) is 27.7. The highest BCUT2D eigenvalue weighted by molar-refractivity contribution is 6.40. The summed E-state index contributed by atoms with van der Waals surface area (Å²) in [5.74, 6) is -4.26. The first-order chi connectivity index (χ1) is 25.3. The number of aromatic amines is 1. The maximum atomic E-state index is 14.2. The molecule has 0 saturated heterocycles. The van der Waals surface area contributed by atoms with E-state index < -0.39 is 40.8 Å². The fraction of sp³-hybridized carbons (Fsp3) is 0.167. The summed E-state index contributed by atoms with van der Waals surface area (Å²) in [6.45, 7) is 0.0497. The number of ketones is 2. The van der Waals surface area contributed by atoms with Gasteiger partial charge in [-0.3, -0.25) is 24.0 Å². The van der Waals surface area contributed by atoms with Crippen LogP contribution in [0.2, 0.25) is 0 Å². The molecule has 0 unspecified atom stereocenters. The third kappa shape index (κ3) is 4.90. The number of hydrogen-bond donors (Lipinski definition) is 1. The van der Waals surface area contributed by atoms with E-state index in [9.17, 15) is 28.8 Å². The summed E-state index contributed by atoms with van der Waals surface area (Å²) in [6, 6.07) is 27.0. The van der Waals surface area contributed by atoms with E-state index >= 15 is 0 Å². The van der Waals surface area contributed by atoms with Crippen LogP contribution in [0, 0.1) is 0 Å². The largest absolute Gasteiger partial charge is 0.457 e. The summed E-state index contributed by atoms with van der Waals surface area (Å²) < 4.78 is 5.44. The average molecular weight is 688 g/mol. The molecular formula is C42H29N3O7. The number of esters is 1. The van der Waals surface area contributed by atoms with Gasteiger partial charge in [0, 0.05) is 33.0 Å². The number of H-pyrrole nitrogens is 1. The molecule has 6 aromatic rings. The van der Waals surface area contributed by atoms with Crippen LogP contribution < -0.4 is 10.5 Å². The molecule has 3 aliphatic rings. The van der Waals surface area contributed by atoms with E-state index in [0.29, 0.717) is 11.6 Å². The van der Waals surface area contributed by atoms with Crippen LogP contribution in [-0.4, -0.2) is 39.3 Å². The number of aromatic nitrogens is 2. The number of carbonyl (C=O) groups excluding carboxylic acids is 5. The minimum atomic E-state index is -1.50. The Kier molecular flexibility index (Phi) is 7.28. The molecule has 1 saturated carbocycles. The molecule has 1 fully saturated rings. The maximum Gasteiger partial charge on any atom is 0.338 e. The van der Waals surface area contributed by atoms with Crippen LogP contribution in [-0.2, 0) is 11.3 Å². The molecule has 5 aromatic carbocycles. The Bertz CT molecular complexity index is 2550. The molecule has 1 aliphatic heterocycles. The standard InChI is InChI=1S/C42H29N3O7/c46-36-28-15-17-30-34-31(41(50)45(40(30)49)26-12-6-11-24(19-26)23-9-4-5-10-23)18-16-29(33(28)34)37(47)35(36)38-43-32-20-25(13-14-27(32)39(48)44-38)42(51)52-21-22-7-2-1-3-8-22/h1-3,6-8,11-20,23,35H,4-5,9-10,21H2,(H,43,44,48). The number of nitrogens with zero attached hydrogens (tertiary/aromatic N) is 2. The fourth-order valence-corrected chi connectivity index (χ4v) is 7.91. The molecule has 0 atom stereocenters. The summed E-state index contributed by atoms with van der Waals surface area (Å²) in [6.07, 6.45) is 4.43. The van der Waals surface area contributed by atoms with Gasteiger partial charge < -0.3 is 9.72 Å². The molecule has 254 valence electrons. The Hall–Kier alpha value is -6.55. The molecule has 52 heavy (non-hydrogen) atoms. The number of Topliss-reactive ketones (excluding diaryl/α,β-unsaturated/α-hetero) is 2. The van der Waals surface area contributed by atoms with E-state index in [0.717, 1.165) is 36.8 Å². The van der Waals surface area contributed by atoms with Crippen LogP contribution in [0.15, 0.2) is 102 Å². The number of hydrogen-bond acceptors (Lipinski definition) is 8. The smallest absolute Gasteiger partial charge is 0.338 e. The Morgan fingerprint density at radius 3 is 2.08 bits per heavy atom. The quantitative estimate of drug-likeness (QED) is 0.111. The van der Waals surface area contributed by atoms with Gasteiger partial charge in [0.1, 0.15) is 18.3 Å². The molecule has 1 N–H and O–H groups in total. The minimum Gasteiger partial charge on any atom is -0.457 e. The molecule has 9 rings (SSSR count). The van der Waals surface area contributed by atoms with Crippen LogP contribution in [0.5, 0.6) is 0 Å². The Labute approximate surface area is 296 Å². The van der Waals surface area contributed by atoms with Crippen molar-refractivity contribution in [3.8, 4) is 0 Å². The lowest BCUT2D eigenvalue weighted by Crippen LogP contribution is -2.41. The number of nitrogens with one attached hydrogen (secondary N) is 1. The normalized spacial score (nSPS) is 16.0. The van der Waals surface area contributed by atoms with Crippen molar-refractivity contribution in [3.63, 3.8) is 0 Å². The van der Waals surface area contributed by atoms with E-state index in [-0.39, 0.29) is 61.9 Å². The minimum absolute atomic E-state index is 0.0497. The first-order valence-corrected chi connectivity index (χ1v) is 17.2. The predicted molar refractivity (Wildman–Crippen MR) is 192 cm³/mol. The molecule has 2 heterocycles. The first-order valence-electron chi connectivity index (χ1n) is 17.2. The number of carbonyl (C=O) groups is 5. The van der Waals surface area contributed by atoms with Gasteiger partial charge in [-0.05, 0) is 84.5 Å². The molecule has 1 aromatic heterocycles. The zero-order chi connectivity index (χ0) is 35.7. The highest BCUT2D eigenvalue weighted by Gasteiger charge is 2.43. The molecule has 10 nitrogen and oxygen atoms in total. The predicted octanol–water partition coefficient (Wildman–Crippen LogP) is 7.05. The van der Waals surface area contributed by atoms with Crippen molar-refractivity contribution in [3.05, 3.63) is 152 Å². The van der Waals surface area contributed by atoms with Gasteiger partial charge in [0.2, 0.25) is 0 Å². The molecule has 2 aliphatic carbocycles. The lowest BCUT2D eigenvalue weighted by atomic mass is 9.76. The van der Waals surface area contributed by atoms with Crippen molar-refractivity contribution < 1.29 is 28.7 Å².